The number of furan rings is 1. The number of nitrogens with one attached hydrogen (secondary N) is 1. The average molecular weight is 325 g/mol. The number of benzene rings is 1. The predicted octanol–water partition coefficient (Wildman–Crippen LogP) is 3.44. The van der Waals surface area contributed by atoms with Crippen molar-refractivity contribution in [2.45, 2.75) is 32.2 Å². The minimum Gasteiger partial charge on any atom is -0.503 e. The van der Waals surface area contributed by atoms with Crippen molar-refractivity contribution in [2.75, 3.05) is 0 Å². The fourth-order valence-corrected chi connectivity index (χ4v) is 2.74. The Morgan fingerprint density at radius 1 is 1.17 bits per heavy atom. The van der Waals surface area contributed by atoms with E-state index in [4.69, 9.17) is 4.42 Å². The highest BCUT2D eigenvalue weighted by Gasteiger charge is 2.38. The minimum absolute atomic E-state index is 0.00223. The van der Waals surface area contributed by atoms with Crippen LogP contribution in [0.1, 0.15) is 48.5 Å². The van der Waals surface area contributed by atoms with Crippen LogP contribution in [0.15, 0.2) is 58.4 Å². The number of aliphatic hydroxyl groups is 1. The smallest absolute Gasteiger partial charge is 0.287 e. The minimum atomic E-state index is -0.691. The van der Waals surface area contributed by atoms with Crippen LogP contribution < -0.4 is 5.32 Å². The van der Waals surface area contributed by atoms with Gasteiger partial charge in [-0.25, -0.2) is 0 Å². The van der Waals surface area contributed by atoms with Crippen LogP contribution in [0.5, 0.6) is 0 Å². The van der Waals surface area contributed by atoms with Gasteiger partial charge < -0.3 is 14.8 Å². The molecule has 124 valence electrons. The molecule has 0 spiro atoms. The van der Waals surface area contributed by atoms with Crippen LogP contribution in [0.4, 0.5) is 0 Å². The fourth-order valence-electron chi connectivity index (χ4n) is 2.74. The summed E-state index contributed by atoms with van der Waals surface area (Å²) in [5, 5.41) is 12.7. The van der Waals surface area contributed by atoms with Gasteiger partial charge in [-0.05, 0) is 28.7 Å². The Labute approximate surface area is 140 Å². The van der Waals surface area contributed by atoms with Gasteiger partial charge in [-0.1, -0.05) is 45.0 Å². The summed E-state index contributed by atoms with van der Waals surface area (Å²) in [5.74, 6) is -1.62. The highest BCUT2D eigenvalue weighted by molar-refractivity contribution is 6.14. The Morgan fingerprint density at radius 3 is 2.38 bits per heavy atom. The van der Waals surface area contributed by atoms with Crippen molar-refractivity contribution in [3.05, 3.63) is 70.9 Å². The zero-order chi connectivity index (χ0) is 17.5. The summed E-state index contributed by atoms with van der Waals surface area (Å²) >= 11 is 0. The molecule has 1 aromatic heterocycles. The molecule has 2 heterocycles. The molecule has 24 heavy (non-hydrogen) atoms. The average Bonchev–Trinajstić information content (AvgIpc) is 3.16. The Balaban J connectivity index is 1.98. The first-order valence-electron chi connectivity index (χ1n) is 7.71. The lowest BCUT2D eigenvalue weighted by Gasteiger charge is -2.20. The standard InChI is InChI=1S/C19H19NO4/c1-19(2,3)12-8-6-11(7-9-12)15-14(17(22)18(23)20-15)16(21)13-5-4-10-24-13/h4-10,15,22H,1-3H3,(H,20,23)/t15-/m0/s1. The highest BCUT2D eigenvalue weighted by Crippen LogP contribution is 2.33. The number of Topliss-reactive ketones (excluding diaryl/α,β-unsaturated/α-hetero) is 1. The van der Waals surface area contributed by atoms with Crippen molar-refractivity contribution in [3.8, 4) is 0 Å². The lowest BCUT2D eigenvalue weighted by molar-refractivity contribution is -0.119. The van der Waals surface area contributed by atoms with E-state index in [1.165, 1.54) is 12.3 Å². The number of carbonyl (C=O) groups is 2. The number of ketones is 1. The molecule has 1 atom stereocenters. The second-order valence-electron chi connectivity index (χ2n) is 6.85. The van der Waals surface area contributed by atoms with Crippen LogP contribution in [0.2, 0.25) is 0 Å². The van der Waals surface area contributed by atoms with E-state index in [2.05, 4.69) is 26.1 Å². The molecule has 0 fully saturated rings. The number of amides is 1. The first-order valence-corrected chi connectivity index (χ1v) is 7.71. The van der Waals surface area contributed by atoms with Crippen molar-refractivity contribution in [1.82, 2.24) is 5.32 Å². The van der Waals surface area contributed by atoms with E-state index >= 15 is 0 Å². The van der Waals surface area contributed by atoms with Crippen molar-refractivity contribution < 1.29 is 19.1 Å². The molecule has 2 N–H and O–H groups in total. The van der Waals surface area contributed by atoms with Crippen molar-refractivity contribution in [1.29, 1.82) is 0 Å². The van der Waals surface area contributed by atoms with Crippen LogP contribution >= 0.6 is 0 Å². The van der Waals surface area contributed by atoms with Gasteiger partial charge in [0.25, 0.3) is 5.91 Å². The Hall–Kier alpha value is -2.82. The zero-order valence-electron chi connectivity index (χ0n) is 13.8. The van der Waals surface area contributed by atoms with E-state index in [1.807, 2.05) is 24.3 Å². The van der Waals surface area contributed by atoms with Crippen LogP contribution in [0, 0.1) is 0 Å². The van der Waals surface area contributed by atoms with E-state index in [-0.39, 0.29) is 16.7 Å². The third kappa shape index (κ3) is 2.73. The highest BCUT2D eigenvalue weighted by atomic mass is 16.3. The van der Waals surface area contributed by atoms with Gasteiger partial charge in [0.1, 0.15) is 0 Å². The molecule has 1 aromatic carbocycles. The zero-order valence-corrected chi connectivity index (χ0v) is 13.8. The van der Waals surface area contributed by atoms with Crippen molar-refractivity contribution >= 4 is 11.7 Å². The lowest BCUT2D eigenvalue weighted by atomic mass is 9.85. The third-order valence-electron chi connectivity index (χ3n) is 4.13. The molecule has 3 rings (SSSR count). The van der Waals surface area contributed by atoms with Crippen LogP contribution in [0.3, 0.4) is 0 Å². The lowest BCUT2D eigenvalue weighted by Crippen LogP contribution is -2.23. The molecular formula is C19H19NO4. The summed E-state index contributed by atoms with van der Waals surface area (Å²) in [6.45, 7) is 6.32. The van der Waals surface area contributed by atoms with E-state index in [0.717, 1.165) is 11.1 Å². The fraction of sp³-hybridized carbons (Fsp3) is 0.263. The maximum Gasteiger partial charge on any atom is 0.287 e. The second kappa shape index (κ2) is 5.67. The molecule has 5 heteroatoms. The Morgan fingerprint density at radius 2 is 1.83 bits per heavy atom. The summed E-state index contributed by atoms with van der Waals surface area (Å²) in [7, 11) is 0. The first-order chi connectivity index (χ1) is 11.3. The molecule has 1 amide bonds. The molecule has 0 saturated carbocycles. The monoisotopic (exact) mass is 325 g/mol. The summed E-state index contributed by atoms with van der Waals surface area (Å²) in [5.41, 5.74) is 1.89. The molecular weight excluding hydrogens is 306 g/mol. The quantitative estimate of drug-likeness (QED) is 0.847. The molecule has 0 bridgehead atoms. The number of hydrogen-bond acceptors (Lipinski definition) is 4. The Kier molecular flexibility index (Phi) is 3.79. The largest absolute Gasteiger partial charge is 0.503 e. The normalized spacial score (nSPS) is 18.0. The second-order valence-corrected chi connectivity index (χ2v) is 6.85. The topological polar surface area (TPSA) is 79.5 Å². The van der Waals surface area contributed by atoms with E-state index in [9.17, 15) is 14.7 Å². The van der Waals surface area contributed by atoms with Gasteiger partial charge in [-0.2, -0.15) is 0 Å². The van der Waals surface area contributed by atoms with Crippen molar-refractivity contribution in [3.63, 3.8) is 0 Å². The molecule has 1 aliphatic rings. The molecule has 0 aliphatic carbocycles. The van der Waals surface area contributed by atoms with Crippen LogP contribution in [-0.4, -0.2) is 16.8 Å². The molecule has 0 radical (unpaired) electrons. The van der Waals surface area contributed by atoms with Gasteiger partial charge in [0, 0.05) is 0 Å². The summed E-state index contributed by atoms with van der Waals surface area (Å²) in [4.78, 5) is 24.4. The van der Waals surface area contributed by atoms with Gasteiger partial charge >= 0.3 is 0 Å². The Bertz CT molecular complexity index is 808. The molecule has 1 aliphatic heterocycles. The van der Waals surface area contributed by atoms with Crippen LogP contribution in [-0.2, 0) is 10.2 Å². The van der Waals surface area contributed by atoms with Gasteiger partial charge in [0.2, 0.25) is 5.78 Å². The number of rotatable bonds is 3. The molecule has 5 nitrogen and oxygen atoms in total. The van der Waals surface area contributed by atoms with E-state index < -0.39 is 23.5 Å². The molecule has 0 saturated heterocycles. The summed E-state index contributed by atoms with van der Waals surface area (Å²) in [6, 6.07) is 10.0. The maximum absolute atomic E-state index is 12.6. The van der Waals surface area contributed by atoms with E-state index in [1.54, 1.807) is 6.07 Å². The number of hydrogen-bond donors (Lipinski definition) is 2. The van der Waals surface area contributed by atoms with E-state index in [0.29, 0.717) is 0 Å². The maximum atomic E-state index is 12.6. The number of carbonyl (C=O) groups excluding carboxylic acids is 2. The summed E-state index contributed by atoms with van der Waals surface area (Å²) < 4.78 is 5.11. The third-order valence-corrected chi connectivity index (χ3v) is 4.13. The van der Waals surface area contributed by atoms with Gasteiger partial charge in [-0.15, -0.1) is 0 Å². The SMILES string of the molecule is CC(C)(C)c1ccc([C@@H]2NC(=O)C(O)=C2C(=O)c2ccco2)cc1. The van der Waals surface area contributed by atoms with Gasteiger partial charge in [0.05, 0.1) is 17.9 Å². The van der Waals surface area contributed by atoms with Crippen LogP contribution in [0.25, 0.3) is 0 Å². The predicted molar refractivity (Wildman–Crippen MR) is 88.7 cm³/mol. The molecule has 2 aromatic rings. The van der Waals surface area contributed by atoms with Gasteiger partial charge in [-0.3, -0.25) is 9.59 Å². The summed E-state index contributed by atoms with van der Waals surface area (Å²) in [6.07, 6.45) is 1.38. The van der Waals surface area contributed by atoms with Gasteiger partial charge in [0.15, 0.2) is 11.5 Å². The molecule has 0 unspecified atom stereocenters. The number of aliphatic hydroxyl groups excluding tert-OH is 1. The van der Waals surface area contributed by atoms with Crippen molar-refractivity contribution in [2.24, 2.45) is 0 Å². The first kappa shape index (κ1) is 16.1.